The van der Waals surface area contributed by atoms with Crippen molar-refractivity contribution in [3.63, 3.8) is 0 Å². The summed E-state index contributed by atoms with van der Waals surface area (Å²) in [6.45, 7) is 3.05. The van der Waals surface area contributed by atoms with Crippen LogP contribution in [0.1, 0.15) is 42.5 Å². The van der Waals surface area contributed by atoms with E-state index in [0.717, 1.165) is 16.0 Å². The van der Waals surface area contributed by atoms with Gasteiger partial charge in [0.05, 0.1) is 23.9 Å². The Balaban J connectivity index is 1.66. The lowest BCUT2D eigenvalue weighted by Crippen LogP contribution is -2.38. The second-order valence-electron chi connectivity index (χ2n) is 9.77. The molecule has 3 aromatic carbocycles. The van der Waals surface area contributed by atoms with Crippen molar-refractivity contribution in [1.29, 1.82) is 0 Å². The zero-order valence-electron chi connectivity index (χ0n) is 22.3. The van der Waals surface area contributed by atoms with Crippen molar-refractivity contribution in [2.45, 2.75) is 38.7 Å². The number of halogens is 3. The molecule has 0 spiro atoms. The molecule has 1 atom stereocenters. The fourth-order valence-electron chi connectivity index (χ4n) is 4.95. The molecule has 1 amide bonds. The van der Waals surface area contributed by atoms with Gasteiger partial charge in [0.25, 0.3) is 5.56 Å². The predicted octanol–water partition coefficient (Wildman–Crippen LogP) is 6.42. The molecule has 10 heteroatoms. The second-order valence-corrected chi connectivity index (χ2v) is 10.2. The maximum atomic E-state index is 14.6. The minimum Gasteiger partial charge on any atom is -0.462 e. The lowest BCUT2D eigenvalue weighted by Gasteiger charge is -2.24. The first-order valence-electron chi connectivity index (χ1n) is 13.0. The third kappa shape index (κ3) is 5.63. The van der Waals surface area contributed by atoms with Gasteiger partial charge in [0.1, 0.15) is 6.42 Å². The maximum absolute atomic E-state index is 14.6. The molecule has 0 aliphatic carbocycles. The van der Waals surface area contributed by atoms with Gasteiger partial charge >= 0.3 is 11.9 Å². The van der Waals surface area contributed by atoms with Gasteiger partial charge in [-0.05, 0) is 43.2 Å². The molecule has 41 heavy (non-hydrogen) atoms. The minimum absolute atomic E-state index is 0.0851. The van der Waals surface area contributed by atoms with Crippen LogP contribution in [0.3, 0.4) is 0 Å². The third-order valence-electron chi connectivity index (χ3n) is 6.92. The number of amides is 1. The normalized spacial score (nSPS) is 15.2. The number of pyridine rings is 1. The van der Waals surface area contributed by atoms with E-state index < -0.39 is 35.8 Å². The van der Waals surface area contributed by atoms with E-state index in [0.29, 0.717) is 27.2 Å². The largest absolute Gasteiger partial charge is 0.462 e. The molecule has 0 saturated carbocycles. The SMILES string of the molecule is CCOC(=O)C(F)(F)CC(=O)N1N=C(c2c(-c3ccc(Cl)cc3)c3ccccc3[nH]c2=O)CC1c1ccc(C)cc1. The first kappa shape index (κ1) is 28.2. The summed E-state index contributed by atoms with van der Waals surface area (Å²) in [5.41, 5.74) is 3.51. The zero-order valence-corrected chi connectivity index (χ0v) is 23.0. The lowest BCUT2D eigenvalue weighted by molar-refractivity contribution is -0.175. The van der Waals surface area contributed by atoms with Gasteiger partial charge in [0, 0.05) is 27.9 Å². The molecule has 0 radical (unpaired) electrons. The van der Waals surface area contributed by atoms with Crippen LogP contribution in [0, 0.1) is 6.92 Å². The fraction of sp³-hybridized carbons (Fsp3) is 0.226. The number of alkyl halides is 2. The van der Waals surface area contributed by atoms with Gasteiger partial charge in [0.2, 0.25) is 5.91 Å². The van der Waals surface area contributed by atoms with E-state index in [-0.39, 0.29) is 24.3 Å². The van der Waals surface area contributed by atoms with Crippen molar-refractivity contribution >= 4 is 40.1 Å². The number of rotatable bonds is 7. The summed E-state index contributed by atoms with van der Waals surface area (Å²) in [6.07, 6.45) is -1.34. The van der Waals surface area contributed by atoms with Crippen LogP contribution < -0.4 is 5.56 Å². The molecule has 210 valence electrons. The summed E-state index contributed by atoms with van der Waals surface area (Å²) in [7, 11) is 0. The van der Waals surface area contributed by atoms with Crippen molar-refractivity contribution in [2.24, 2.45) is 5.10 Å². The smallest absolute Gasteiger partial charge is 0.377 e. The highest BCUT2D eigenvalue weighted by atomic mass is 35.5. The molecule has 0 bridgehead atoms. The molecule has 0 saturated heterocycles. The van der Waals surface area contributed by atoms with Crippen molar-refractivity contribution in [3.05, 3.63) is 105 Å². The third-order valence-corrected chi connectivity index (χ3v) is 7.17. The van der Waals surface area contributed by atoms with Gasteiger partial charge in [0.15, 0.2) is 0 Å². The predicted molar refractivity (Wildman–Crippen MR) is 153 cm³/mol. The van der Waals surface area contributed by atoms with Gasteiger partial charge < -0.3 is 9.72 Å². The second kappa shape index (κ2) is 11.2. The summed E-state index contributed by atoms with van der Waals surface area (Å²) in [5.74, 6) is -6.90. The summed E-state index contributed by atoms with van der Waals surface area (Å²) >= 11 is 6.13. The molecule has 4 aromatic rings. The number of ether oxygens (including phenoxy) is 1. The van der Waals surface area contributed by atoms with Crippen molar-refractivity contribution in [2.75, 3.05) is 6.61 Å². The summed E-state index contributed by atoms with van der Waals surface area (Å²) in [6, 6.07) is 20.7. The first-order valence-corrected chi connectivity index (χ1v) is 13.4. The summed E-state index contributed by atoms with van der Waals surface area (Å²) in [5, 5.41) is 6.67. The number of carbonyl (C=O) groups is 2. The number of aromatic nitrogens is 1. The molecule has 1 N–H and O–H groups in total. The summed E-state index contributed by atoms with van der Waals surface area (Å²) < 4.78 is 33.7. The van der Waals surface area contributed by atoms with Gasteiger partial charge in [-0.15, -0.1) is 0 Å². The quantitative estimate of drug-likeness (QED) is 0.256. The van der Waals surface area contributed by atoms with Crippen LogP contribution in [0.15, 0.2) is 82.7 Å². The van der Waals surface area contributed by atoms with Crippen LogP contribution in [-0.2, 0) is 14.3 Å². The Morgan fingerprint density at radius 1 is 1.05 bits per heavy atom. The number of hydrogen-bond donors (Lipinski definition) is 1. The molecule has 5 rings (SSSR count). The molecular formula is C31H26ClF2N3O4. The Morgan fingerprint density at radius 3 is 2.41 bits per heavy atom. The molecular weight excluding hydrogens is 552 g/mol. The topological polar surface area (TPSA) is 91.8 Å². The monoisotopic (exact) mass is 577 g/mol. The van der Waals surface area contributed by atoms with Crippen LogP contribution in [0.2, 0.25) is 5.02 Å². The van der Waals surface area contributed by atoms with Gasteiger partial charge in [-0.3, -0.25) is 9.59 Å². The molecule has 0 fully saturated rings. The number of aromatic amines is 1. The van der Waals surface area contributed by atoms with E-state index >= 15 is 0 Å². The number of H-pyrrole nitrogens is 1. The summed E-state index contributed by atoms with van der Waals surface area (Å²) in [4.78, 5) is 41.6. The number of carbonyl (C=O) groups excluding carboxylic acids is 2. The first-order chi connectivity index (χ1) is 19.6. The fourth-order valence-corrected chi connectivity index (χ4v) is 5.08. The number of hydrogen-bond acceptors (Lipinski definition) is 5. The highest BCUT2D eigenvalue weighted by Gasteiger charge is 2.46. The molecule has 2 heterocycles. The van der Waals surface area contributed by atoms with Crippen molar-refractivity contribution < 1.29 is 23.1 Å². The average molecular weight is 578 g/mol. The van der Waals surface area contributed by atoms with Gasteiger partial charge in [-0.1, -0.05) is 71.8 Å². The van der Waals surface area contributed by atoms with Crippen LogP contribution >= 0.6 is 11.6 Å². The van der Waals surface area contributed by atoms with Crippen LogP contribution in [0.25, 0.3) is 22.0 Å². The average Bonchev–Trinajstić information content (AvgIpc) is 3.38. The van der Waals surface area contributed by atoms with Crippen LogP contribution in [0.5, 0.6) is 0 Å². The maximum Gasteiger partial charge on any atom is 0.377 e. The Kier molecular flexibility index (Phi) is 7.73. The Labute approximate surface area is 239 Å². The number of fused-ring (bicyclic) bond motifs is 1. The van der Waals surface area contributed by atoms with Crippen LogP contribution in [0.4, 0.5) is 8.78 Å². The zero-order chi connectivity index (χ0) is 29.3. The van der Waals surface area contributed by atoms with Gasteiger partial charge in [-0.25, -0.2) is 9.80 Å². The highest BCUT2D eigenvalue weighted by molar-refractivity contribution is 6.30. The number of nitrogens with one attached hydrogen (secondary N) is 1. The van der Waals surface area contributed by atoms with E-state index in [9.17, 15) is 23.2 Å². The van der Waals surface area contributed by atoms with E-state index in [4.69, 9.17) is 11.6 Å². The standard InChI is InChI=1S/C31H26ClF2N3O4/c1-3-41-30(40)31(33,34)17-26(38)37-25(19-10-8-18(2)9-11-19)16-24(36-37)28-27(20-12-14-21(32)15-13-20)22-6-4-5-7-23(22)35-29(28)39/h4-15,25H,3,16-17H2,1-2H3,(H,35,39). The van der Waals surface area contributed by atoms with Crippen molar-refractivity contribution in [3.8, 4) is 11.1 Å². The van der Waals surface area contributed by atoms with Gasteiger partial charge in [-0.2, -0.15) is 13.9 Å². The number of aryl methyl sites for hydroxylation is 1. The molecule has 1 unspecified atom stereocenters. The molecule has 1 aromatic heterocycles. The van der Waals surface area contributed by atoms with Crippen molar-refractivity contribution in [1.82, 2.24) is 9.99 Å². The lowest BCUT2D eigenvalue weighted by atomic mass is 9.91. The minimum atomic E-state index is -4.04. The highest BCUT2D eigenvalue weighted by Crippen LogP contribution is 2.38. The Bertz CT molecular complexity index is 1720. The molecule has 1 aliphatic heterocycles. The number of para-hydroxylation sites is 1. The van der Waals surface area contributed by atoms with Crippen LogP contribution in [-0.4, -0.2) is 40.1 Å². The van der Waals surface area contributed by atoms with E-state index in [2.05, 4.69) is 14.8 Å². The number of hydrazone groups is 1. The number of esters is 1. The Morgan fingerprint density at radius 2 is 1.73 bits per heavy atom. The Hall–Kier alpha value is -4.37. The van der Waals surface area contributed by atoms with E-state index in [1.54, 1.807) is 48.5 Å². The number of nitrogens with zero attached hydrogens (tertiary/aromatic N) is 2. The van der Waals surface area contributed by atoms with E-state index in [1.165, 1.54) is 6.92 Å². The molecule has 7 nitrogen and oxygen atoms in total. The number of benzene rings is 3. The van der Waals surface area contributed by atoms with E-state index in [1.807, 2.05) is 31.2 Å². The molecule has 1 aliphatic rings.